The SMILES string of the molecule is COC(=O)[C@H]1[C@@H]2CC[C@@](NC(=O)[C@H](C)NC(=O)OC(C)(C)C)(C(=O)OC)[C@@H]21. The Morgan fingerprint density at radius 1 is 1.11 bits per heavy atom. The first-order chi connectivity index (χ1) is 12.5. The molecule has 2 N–H and O–H groups in total. The van der Waals surface area contributed by atoms with Gasteiger partial charge in [0.05, 0.1) is 20.1 Å². The van der Waals surface area contributed by atoms with E-state index in [2.05, 4.69) is 10.6 Å². The number of amides is 2. The molecule has 5 atom stereocenters. The summed E-state index contributed by atoms with van der Waals surface area (Å²) in [6.45, 7) is 6.62. The van der Waals surface area contributed by atoms with E-state index in [0.717, 1.165) is 0 Å². The Labute approximate surface area is 158 Å². The Kier molecular flexibility index (Phi) is 5.72. The standard InChI is InChI=1S/C18H28N2O7/c1-9(19-16(24)27-17(2,3)4)13(21)20-18(15(23)26-6)8-7-10-11(12(10)18)14(22)25-5/h9-12H,7-8H2,1-6H3,(H,19,24)(H,20,21)/t9-,10-,11-,12-,18-/m0/s1. The number of carbonyl (C=O) groups excluding carboxylic acids is 4. The topological polar surface area (TPSA) is 120 Å². The van der Waals surface area contributed by atoms with Gasteiger partial charge in [-0.1, -0.05) is 0 Å². The molecule has 0 radical (unpaired) electrons. The van der Waals surface area contributed by atoms with Gasteiger partial charge in [0.25, 0.3) is 0 Å². The monoisotopic (exact) mass is 384 g/mol. The molecule has 2 aliphatic rings. The van der Waals surface area contributed by atoms with Crippen molar-refractivity contribution in [3.63, 3.8) is 0 Å². The normalized spacial score (nSPS) is 29.8. The van der Waals surface area contributed by atoms with Crippen molar-refractivity contribution in [2.45, 2.75) is 57.7 Å². The molecule has 152 valence electrons. The van der Waals surface area contributed by atoms with Crippen LogP contribution in [0.1, 0.15) is 40.5 Å². The maximum absolute atomic E-state index is 12.6. The summed E-state index contributed by atoms with van der Waals surface area (Å²) < 4.78 is 14.8. The summed E-state index contributed by atoms with van der Waals surface area (Å²) in [5, 5.41) is 5.16. The number of fused-ring (bicyclic) bond motifs is 1. The van der Waals surface area contributed by atoms with Crippen LogP contribution in [-0.4, -0.2) is 55.3 Å². The molecule has 9 heteroatoms. The number of ether oxygens (including phenoxy) is 3. The number of nitrogens with one attached hydrogen (secondary N) is 2. The molecular formula is C18H28N2O7. The zero-order valence-corrected chi connectivity index (χ0v) is 16.6. The predicted molar refractivity (Wildman–Crippen MR) is 93.4 cm³/mol. The molecule has 0 aromatic carbocycles. The van der Waals surface area contributed by atoms with Crippen LogP contribution in [0.25, 0.3) is 0 Å². The van der Waals surface area contributed by atoms with Crippen LogP contribution < -0.4 is 10.6 Å². The molecule has 0 aromatic heterocycles. The number of esters is 2. The van der Waals surface area contributed by atoms with Crippen molar-refractivity contribution in [2.75, 3.05) is 14.2 Å². The largest absolute Gasteiger partial charge is 0.469 e. The van der Waals surface area contributed by atoms with Gasteiger partial charge in [-0.3, -0.25) is 9.59 Å². The van der Waals surface area contributed by atoms with Crippen molar-refractivity contribution in [2.24, 2.45) is 17.8 Å². The summed E-state index contributed by atoms with van der Waals surface area (Å²) in [6, 6.07) is -0.934. The first-order valence-corrected chi connectivity index (χ1v) is 8.94. The van der Waals surface area contributed by atoms with Crippen LogP contribution in [0.3, 0.4) is 0 Å². The molecule has 0 bridgehead atoms. The van der Waals surface area contributed by atoms with Crippen LogP contribution in [0.4, 0.5) is 4.79 Å². The molecule has 2 amide bonds. The molecule has 9 nitrogen and oxygen atoms in total. The minimum absolute atomic E-state index is 0.0222. The van der Waals surface area contributed by atoms with Crippen molar-refractivity contribution in [1.29, 1.82) is 0 Å². The van der Waals surface area contributed by atoms with Crippen LogP contribution in [-0.2, 0) is 28.6 Å². The number of methoxy groups -OCH3 is 2. The fraction of sp³-hybridized carbons (Fsp3) is 0.778. The molecule has 0 heterocycles. The van der Waals surface area contributed by atoms with Crippen LogP contribution >= 0.6 is 0 Å². The minimum Gasteiger partial charge on any atom is -0.469 e. The van der Waals surface area contributed by atoms with Crippen molar-refractivity contribution in [3.8, 4) is 0 Å². The van der Waals surface area contributed by atoms with Gasteiger partial charge in [-0.2, -0.15) is 0 Å². The van der Waals surface area contributed by atoms with Crippen LogP contribution in [0, 0.1) is 17.8 Å². The summed E-state index contributed by atoms with van der Waals surface area (Å²) in [6.07, 6.45) is 0.238. The molecular weight excluding hydrogens is 356 g/mol. The van der Waals surface area contributed by atoms with Crippen LogP contribution in [0.15, 0.2) is 0 Å². The third-order valence-electron chi connectivity index (χ3n) is 5.11. The maximum Gasteiger partial charge on any atom is 0.408 e. The number of rotatable bonds is 5. The number of alkyl carbamates (subject to hydrolysis) is 1. The molecule has 0 aliphatic heterocycles. The second-order valence-electron chi connectivity index (χ2n) is 8.10. The molecule has 2 fully saturated rings. The Hall–Kier alpha value is -2.32. The van der Waals surface area contributed by atoms with Gasteiger partial charge in [0, 0.05) is 5.92 Å². The lowest BCUT2D eigenvalue weighted by atomic mass is 9.89. The van der Waals surface area contributed by atoms with Gasteiger partial charge in [-0.25, -0.2) is 9.59 Å². The summed E-state index contributed by atoms with van der Waals surface area (Å²) >= 11 is 0. The Bertz CT molecular complexity index is 642. The first-order valence-electron chi connectivity index (χ1n) is 8.94. The van der Waals surface area contributed by atoms with Gasteiger partial charge >= 0.3 is 18.0 Å². The molecule has 0 spiro atoms. The lowest BCUT2D eigenvalue weighted by molar-refractivity contribution is -0.153. The van der Waals surface area contributed by atoms with Gasteiger partial charge < -0.3 is 24.8 Å². The van der Waals surface area contributed by atoms with Gasteiger partial charge in [0.1, 0.15) is 17.2 Å². The second kappa shape index (κ2) is 7.36. The lowest BCUT2D eigenvalue weighted by Crippen LogP contribution is -2.60. The molecule has 2 aliphatic carbocycles. The number of hydrogen-bond acceptors (Lipinski definition) is 7. The fourth-order valence-electron chi connectivity index (χ4n) is 3.92. The zero-order chi connectivity index (χ0) is 20.6. The average Bonchev–Trinajstić information content (AvgIpc) is 3.19. The molecule has 27 heavy (non-hydrogen) atoms. The Morgan fingerprint density at radius 3 is 2.26 bits per heavy atom. The van der Waals surface area contributed by atoms with Crippen molar-refractivity contribution < 1.29 is 33.4 Å². The highest BCUT2D eigenvalue weighted by Gasteiger charge is 2.72. The second-order valence-corrected chi connectivity index (χ2v) is 8.10. The summed E-state index contributed by atoms with van der Waals surface area (Å²) in [5.74, 6) is -2.37. The highest BCUT2D eigenvalue weighted by atomic mass is 16.6. The zero-order valence-electron chi connectivity index (χ0n) is 16.6. The Morgan fingerprint density at radius 2 is 1.74 bits per heavy atom. The van der Waals surface area contributed by atoms with E-state index in [9.17, 15) is 19.2 Å². The molecule has 0 saturated heterocycles. The Balaban J connectivity index is 2.09. The quantitative estimate of drug-likeness (QED) is 0.530. The van der Waals surface area contributed by atoms with Gasteiger partial charge in [0.15, 0.2) is 0 Å². The van der Waals surface area contributed by atoms with Crippen LogP contribution in [0.5, 0.6) is 0 Å². The van der Waals surface area contributed by atoms with Crippen molar-refractivity contribution >= 4 is 23.9 Å². The number of carbonyl (C=O) groups is 4. The van der Waals surface area contributed by atoms with Gasteiger partial charge in [0.2, 0.25) is 5.91 Å². The van der Waals surface area contributed by atoms with Crippen LogP contribution in [0.2, 0.25) is 0 Å². The molecule has 0 aromatic rings. The third-order valence-corrected chi connectivity index (χ3v) is 5.11. The molecule has 0 unspecified atom stereocenters. The smallest absolute Gasteiger partial charge is 0.408 e. The molecule has 2 rings (SSSR count). The van der Waals surface area contributed by atoms with E-state index in [-0.39, 0.29) is 11.8 Å². The average molecular weight is 384 g/mol. The van der Waals surface area contributed by atoms with E-state index in [1.165, 1.54) is 21.1 Å². The highest BCUT2D eigenvalue weighted by Crippen LogP contribution is 2.63. The van der Waals surface area contributed by atoms with E-state index in [1.807, 2.05) is 0 Å². The lowest BCUT2D eigenvalue weighted by Gasteiger charge is -2.31. The van der Waals surface area contributed by atoms with E-state index in [0.29, 0.717) is 12.8 Å². The van der Waals surface area contributed by atoms with E-state index in [1.54, 1.807) is 20.8 Å². The summed E-state index contributed by atoms with van der Waals surface area (Å²) in [7, 11) is 2.53. The van der Waals surface area contributed by atoms with Gasteiger partial charge in [-0.15, -0.1) is 0 Å². The van der Waals surface area contributed by atoms with Crippen molar-refractivity contribution in [3.05, 3.63) is 0 Å². The fourth-order valence-corrected chi connectivity index (χ4v) is 3.92. The first kappa shape index (κ1) is 21.0. The van der Waals surface area contributed by atoms with E-state index < -0.39 is 47.0 Å². The highest BCUT2D eigenvalue weighted by molar-refractivity contribution is 5.94. The van der Waals surface area contributed by atoms with E-state index in [4.69, 9.17) is 14.2 Å². The van der Waals surface area contributed by atoms with E-state index >= 15 is 0 Å². The third kappa shape index (κ3) is 4.17. The summed E-state index contributed by atoms with van der Waals surface area (Å²) in [5.41, 5.74) is -1.99. The maximum atomic E-state index is 12.6. The minimum atomic E-state index is -1.29. The predicted octanol–water partition coefficient (Wildman–Crippen LogP) is 0.757. The molecule has 2 saturated carbocycles. The summed E-state index contributed by atoms with van der Waals surface area (Å²) in [4.78, 5) is 48.9. The van der Waals surface area contributed by atoms with Gasteiger partial charge in [-0.05, 0) is 46.5 Å². The number of hydrogen-bond donors (Lipinski definition) is 2. The van der Waals surface area contributed by atoms with Crippen molar-refractivity contribution in [1.82, 2.24) is 10.6 Å².